The van der Waals surface area contributed by atoms with Crippen molar-refractivity contribution in [3.8, 4) is 0 Å². The number of hydrogen-bond donors (Lipinski definition) is 1. The molecule has 1 aliphatic rings. The number of fused-ring (bicyclic) bond motifs is 1. The quantitative estimate of drug-likeness (QED) is 0.805. The summed E-state index contributed by atoms with van der Waals surface area (Å²) in [5, 5.41) is 10.2. The normalized spacial score (nSPS) is 20.6. The van der Waals surface area contributed by atoms with Crippen LogP contribution in [0.5, 0.6) is 0 Å². The summed E-state index contributed by atoms with van der Waals surface area (Å²) < 4.78 is 5.76. The SMILES string of the molecule is C=C1c2ccccc2COC1C(O)CCCCC. The van der Waals surface area contributed by atoms with Gasteiger partial charge in [-0.2, -0.15) is 0 Å². The predicted molar refractivity (Wildman–Crippen MR) is 74.2 cm³/mol. The van der Waals surface area contributed by atoms with Gasteiger partial charge in [0.25, 0.3) is 0 Å². The molecular formula is C16H22O2. The average molecular weight is 246 g/mol. The van der Waals surface area contributed by atoms with Crippen molar-refractivity contribution in [2.45, 2.75) is 51.4 Å². The third-order valence-electron chi connectivity index (χ3n) is 3.58. The van der Waals surface area contributed by atoms with Crippen LogP contribution in [0.4, 0.5) is 0 Å². The summed E-state index contributed by atoms with van der Waals surface area (Å²) in [7, 11) is 0. The Morgan fingerprint density at radius 2 is 2.17 bits per heavy atom. The molecule has 1 aromatic rings. The van der Waals surface area contributed by atoms with Crippen LogP contribution in [0.25, 0.3) is 5.57 Å². The molecule has 1 aromatic carbocycles. The van der Waals surface area contributed by atoms with E-state index in [2.05, 4.69) is 25.6 Å². The molecule has 0 radical (unpaired) electrons. The summed E-state index contributed by atoms with van der Waals surface area (Å²) in [6.07, 6.45) is 3.50. The molecule has 1 N–H and O–H groups in total. The standard InChI is InChI=1S/C16H22O2/c1-3-4-5-10-15(17)16-12(2)14-9-7-6-8-13(14)11-18-16/h6-9,15-17H,2-5,10-11H2,1H3. The van der Waals surface area contributed by atoms with E-state index in [9.17, 15) is 5.11 Å². The van der Waals surface area contributed by atoms with Crippen LogP contribution in [-0.4, -0.2) is 17.3 Å². The summed E-state index contributed by atoms with van der Waals surface area (Å²) in [5.41, 5.74) is 3.23. The Balaban J connectivity index is 2.02. The molecule has 18 heavy (non-hydrogen) atoms. The van der Waals surface area contributed by atoms with Crippen LogP contribution in [-0.2, 0) is 11.3 Å². The molecule has 1 heterocycles. The Morgan fingerprint density at radius 3 is 2.94 bits per heavy atom. The van der Waals surface area contributed by atoms with Gasteiger partial charge in [0.05, 0.1) is 12.7 Å². The van der Waals surface area contributed by atoms with E-state index in [0.29, 0.717) is 6.61 Å². The Labute approximate surface area is 109 Å². The minimum atomic E-state index is -0.433. The molecule has 0 bridgehead atoms. The van der Waals surface area contributed by atoms with Crippen LogP contribution < -0.4 is 0 Å². The first-order chi connectivity index (χ1) is 8.74. The Bertz CT molecular complexity index is 411. The van der Waals surface area contributed by atoms with Gasteiger partial charge < -0.3 is 9.84 Å². The van der Waals surface area contributed by atoms with Crippen molar-refractivity contribution in [3.05, 3.63) is 42.0 Å². The highest BCUT2D eigenvalue weighted by Gasteiger charge is 2.28. The average Bonchev–Trinajstić information content (AvgIpc) is 2.39. The number of aliphatic hydroxyl groups is 1. The van der Waals surface area contributed by atoms with Crippen LogP contribution in [0.15, 0.2) is 30.8 Å². The first-order valence-corrected chi connectivity index (χ1v) is 6.80. The van der Waals surface area contributed by atoms with E-state index in [1.54, 1.807) is 0 Å². The van der Waals surface area contributed by atoms with Crippen molar-refractivity contribution in [3.63, 3.8) is 0 Å². The van der Waals surface area contributed by atoms with E-state index in [1.165, 1.54) is 12.0 Å². The van der Waals surface area contributed by atoms with Crippen LogP contribution >= 0.6 is 0 Å². The second-order valence-corrected chi connectivity index (χ2v) is 4.98. The van der Waals surface area contributed by atoms with Gasteiger partial charge in [-0.25, -0.2) is 0 Å². The van der Waals surface area contributed by atoms with Crippen molar-refractivity contribution in [2.24, 2.45) is 0 Å². The van der Waals surface area contributed by atoms with E-state index in [4.69, 9.17) is 4.74 Å². The molecule has 2 nitrogen and oxygen atoms in total. The molecule has 0 saturated carbocycles. The van der Waals surface area contributed by atoms with Crippen molar-refractivity contribution < 1.29 is 9.84 Å². The van der Waals surface area contributed by atoms with E-state index < -0.39 is 6.10 Å². The fraction of sp³-hybridized carbons (Fsp3) is 0.500. The van der Waals surface area contributed by atoms with Crippen molar-refractivity contribution in [1.29, 1.82) is 0 Å². The number of benzene rings is 1. The third kappa shape index (κ3) is 2.82. The van der Waals surface area contributed by atoms with Gasteiger partial charge in [-0.1, -0.05) is 57.0 Å². The summed E-state index contributed by atoms with van der Waals surface area (Å²) >= 11 is 0. The van der Waals surface area contributed by atoms with Crippen molar-refractivity contribution >= 4 is 5.57 Å². The largest absolute Gasteiger partial charge is 0.390 e. The highest BCUT2D eigenvalue weighted by molar-refractivity contribution is 5.71. The molecule has 0 aliphatic carbocycles. The summed E-state index contributed by atoms with van der Waals surface area (Å²) in [6.45, 7) is 6.84. The molecule has 0 fully saturated rings. The fourth-order valence-electron chi connectivity index (χ4n) is 2.49. The predicted octanol–water partition coefficient (Wildman–Crippen LogP) is 3.54. The number of ether oxygens (including phenoxy) is 1. The number of rotatable bonds is 5. The fourth-order valence-corrected chi connectivity index (χ4v) is 2.49. The summed E-state index contributed by atoms with van der Waals surface area (Å²) in [4.78, 5) is 0. The van der Waals surface area contributed by atoms with Gasteiger partial charge in [-0.3, -0.25) is 0 Å². The molecule has 2 unspecified atom stereocenters. The topological polar surface area (TPSA) is 29.5 Å². The maximum Gasteiger partial charge on any atom is 0.109 e. The van der Waals surface area contributed by atoms with E-state index in [0.717, 1.165) is 30.4 Å². The number of unbranched alkanes of at least 4 members (excludes halogenated alkanes) is 2. The summed E-state index contributed by atoms with van der Waals surface area (Å²) in [6, 6.07) is 8.13. The Hall–Kier alpha value is -1.12. The lowest BCUT2D eigenvalue weighted by atomic mass is 9.90. The van der Waals surface area contributed by atoms with Crippen LogP contribution in [0.1, 0.15) is 43.7 Å². The molecule has 0 saturated heterocycles. The zero-order chi connectivity index (χ0) is 13.0. The minimum absolute atomic E-state index is 0.239. The summed E-state index contributed by atoms with van der Waals surface area (Å²) in [5.74, 6) is 0. The van der Waals surface area contributed by atoms with Gasteiger partial charge in [0.1, 0.15) is 6.10 Å². The minimum Gasteiger partial charge on any atom is -0.390 e. The highest BCUT2D eigenvalue weighted by Crippen LogP contribution is 2.31. The second-order valence-electron chi connectivity index (χ2n) is 4.98. The number of hydrogen-bond acceptors (Lipinski definition) is 2. The van der Waals surface area contributed by atoms with Crippen LogP contribution in [0.3, 0.4) is 0 Å². The molecule has 2 heteroatoms. The van der Waals surface area contributed by atoms with E-state index in [1.807, 2.05) is 12.1 Å². The third-order valence-corrected chi connectivity index (χ3v) is 3.58. The lowest BCUT2D eigenvalue weighted by Crippen LogP contribution is -2.33. The van der Waals surface area contributed by atoms with E-state index in [-0.39, 0.29) is 6.10 Å². The van der Waals surface area contributed by atoms with Gasteiger partial charge in [0.15, 0.2) is 0 Å². The molecular weight excluding hydrogens is 224 g/mol. The first-order valence-electron chi connectivity index (χ1n) is 6.80. The zero-order valence-electron chi connectivity index (χ0n) is 11.1. The lowest BCUT2D eigenvalue weighted by Gasteiger charge is -2.31. The highest BCUT2D eigenvalue weighted by atomic mass is 16.5. The zero-order valence-corrected chi connectivity index (χ0v) is 11.1. The van der Waals surface area contributed by atoms with Gasteiger partial charge in [0, 0.05) is 0 Å². The monoisotopic (exact) mass is 246 g/mol. The maximum atomic E-state index is 10.2. The molecule has 1 aliphatic heterocycles. The smallest absolute Gasteiger partial charge is 0.109 e. The van der Waals surface area contributed by atoms with Gasteiger partial charge in [-0.05, 0) is 23.1 Å². The van der Waals surface area contributed by atoms with Crippen molar-refractivity contribution in [2.75, 3.05) is 0 Å². The van der Waals surface area contributed by atoms with Gasteiger partial charge in [-0.15, -0.1) is 0 Å². The molecule has 98 valence electrons. The molecule has 0 amide bonds. The second kappa shape index (κ2) is 6.17. The van der Waals surface area contributed by atoms with Crippen molar-refractivity contribution in [1.82, 2.24) is 0 Å². The molecule has 2 atom stereocenters. The first kappa shape index (κ1) is 13.3. The molecule has 2 rings (SSSR count). The van der Waals surface area contributed by atoms with E-state index >= 15 is 0 Å². The Kier molecular flexibility index (Phi) is 4.56. The van der Waals surface area contributed by atoms with Gasteiger partial charge in [0.2, 0.25) is 0 Å². The lowest BCUT2D eigenvalue weighted by molar-refractivity contribution is -0.0212. The number of aliphatic hydroxyl groups excluding tert-OH is 1. The van der Waals surface area contributed by atoms with Crippen LogP contribution in [0.2, 0.25) is 0 Å². The maximum absolute atomic E-state index is 10.2. The Morgan fingerprint density at radius 1 is 1.39 bits per heavy atom. The van der Waals surface area contributed by atoms with Crippen LogP contribution in [0, 0.1) is 0 Å². The molecule has 0 spiro atoms. The van der Waals surface area contributed by atoms with Gasteiger partial charge >= 0.3 is 0 Å². The molecule has 0 aromatic heterocycles.